The summed E-state index contributed by atoms with van der Waals surface area (Å²) < 4.78 is 0. The first-order valence-electron chi connectivity index (χ1n) is 7.34. The molecule has 2 rings (SSSR count). The molecule has 20 heavy (non-hydrogen) atoms. The lowest BCUT2D eigenvalue weighted by atomic mass is 9.97. The number of carbonyl (C=O) groups is 1. The third-order valence-corrected chi connectivity index (χ3v) is 3.84. The first-order chi connectivity index (χ1) is 9.63. The molecule has 1 aliphatic heterocycles. The molecule has 0 aromatic heterocycles. The van der Waals surface area contributed by atoms with E-state index in [2.05, 4.69) is 41.4 Å². The molecule has 1 aromatic rings. The molecule has 1 atom stereocenters. The highest BCUT2D eigenvalue weighted by Crippen LogP contribution is 2.18. The maximum Gasteiger partial charge on any atom is 0.317 e. The number of hydrogen-bond donors (Lipinski definition) is 2. The molecule has 110 valence electrons. The van der Waals surface area contributed by atoms with E-state index in [0.29, 0.717) is 5.92 Å². The van der Waals surface area contributed by atoms with Crippen LogP contribution in [0.4, 0.5) is 0 Å². The van der Waals surface area contributed by atoms with Gasteiger partial charge < -0.3 is 10.4 Å². The summed E-state index contributed by atoms with van der Waals surface area (Å²) >= 11 is 0. The van der Waals surface area contributed by atoms with Crippen molar-refractivity contribution in [3.8, 4) is 0 Å². The molecule has 1 saturated heterocycles. The van der Waals surface area contributed by atoms with Gasteiger partial charge in [-0.3, -0.25) is 9.69 Å². The number of aryl methyl sites for hydroxylation is 1. The van der Waals surface area contributed by atoms with Gasteiger partial charge in [0.15, 0.2) is 0 Å². The van der Waals surface area contributed by atoms with Gasteiger partial charge in [-0.25, -0.2) is 0 Å². The van der Waals surface area contributed by atoms with Crippen molar-refractivity contribution in [1.29, 1.82) is 0 Å². The van der Waals surface area contributed by atoms with Gasteiger partial charge in [-0.2, -0.15) is 0 Å². The number of rotatable bonds is 6. The summed E-state index contributed by atoms with van der Waals surface area (Å²) in [6.07, 6.45) is 2.39. The van der Waals surface area contributed by atoms with Gasteiger partial charge in [-0.05, 0) is 44.3 Å². The average molecular weight is 276 g/mol. The van der Waals surface area contributed by atoms with Gasteiger partial charge in [-0.15, -0.1) is 0 Å². The van der Waals surface area contributed by atoms with Gasteiger partial charge in [0.25, 0.3) is 0 Å². The summed E-state index contributed by atoms with van der Waals surface area (Å²) in [4.78, 5) is 13.0. The summed E-state index contributed by atoms with van der Waals surface area (Å²) in [5, 5.41) is 11.7. The second-order valence-electron chi connectivity index (χ2n) is 5.75. The van der Waals surface area contributed by atoms with E-state index in [1.807, 2.05) is 0 Å². The number of carboxylic acids is 1. The van der Waals surface area contributed by atoms with Crippen LogP contribution in [0.5, 0.6) is 0 Å². The molecule has 4 nitrogen and oxygen atoms in total. The van der Waals surface area contributed by atoms with E-state index >= 15 is 0 Å². The van der Waals surface area contributed by atoms with E-state index < -0.39 is 5.97 Å². The van der Waals surface area contributed by atoms with Gasteiger partial charge in [0.2, 0.25) is 0 Å². The number of carboxylic acid groups (broad SMARTS) is 1. The van der Waals surface area contributed by atoms with E-state index in [1.54, 1.807) is 0 Å². The van der Waals surface area contributed by atoms with Crippen molar-refractivity contribution in [3.63, 3.8) is 0 Å². The zero-order valence-electron chi connectivity index (χ0n) is 12.1. The molecule has 1 unspecified atom stereocenters. The SMILES string of the molecule is Cc1ccc(CN2CCCC(CNCC(=O)O)C2)cc1. The third kappa shape index (κ3) is 4.94. The number of piperidine rings is 1. The van der Waals surface area contributed by atoms with E-state index in [1.165, 1.54) is 24.0 Å². The maximum absolute atomic E-state index is 10.5. The highest BCUT2D eigenvalue weighted by Gasteiger charge is 2.19. The van der Waals surface area contributed by atoms with Crippen LogP contribution >= 0.6 is 0 Å². The van der Waals surface area contributed by atoms with Crippen LogP contribution in [0, 0.1) is 12.8 Å². The Labute approximate surface area is 120 Å². The zero-order valence-corrected chi connectivity index (χ0v) is 12.1. The van der Waals surface area contributed by atoms with Gasteiger partial charge in [0, 0.05) is 13.1 Å². The normalized spacial score (nSPS) is 19.9. The van der Waals surface area contributed by atoms with Crippen LogP contribution in [0.15, 0.2) is 24.3 Å². The minimum absolute atomic E-state index is 0.0640. The van der Waals surface area contributed by atoms with Crippen LogP contribution in [0.25, 0.3) is 0 Å². The van der Waals surface area contributed by atoms with E-state index in [9.17, 15) is 4.79 Å². The van der Waals surface area contributed by atoms with Crippen molar-refractivity contribution in [1.82, 2.24) is 10.2 Å². The smallest absolute Gasteiger partial charge is 0.317 e. The van der Waals surface area contributed by atoms with Gasteiger partial charge in [-0.1, -0.05) is 29.8 Å². The van der Waals surface area contributed by atoms with Gasteiger partial charge in [0.1, 0.15) is 0 Å². The molecule has 0 saturated carbocycles. The lowest BCUT2D eigenvalue weighted by Gasteiger charge is -2.32. The number of hydrogen-bond acceptors (Lipinski definition) is 3. The van der Waals surface area contributed by atoms with Crippen molar-refractivity contribution in [2.45, 2.75) is 26.3 Å². The van der Waals surface area contributed by atoms with Gasteiger partial charge >= 0.3 is 5.97 Å². The van der Waals surface area contributed by atoms with Crippen LogP contribution in [-0.4, -0.2) is 42.2 Å². The molecule has 1 aromatic carbocycles. The Morgan fingerprint density at radius 3 is 2.85 bits per heavy atom. The van der Waals surface area contributed by atoms with Crippen LogP contribution in [0.1, 0.15) is 24.0 Å². The van der Waals surface area contributed by atoms with Crippen molar-refractivity contribution in [2.75, 3.05) is 26.2 Å². The Morgan fingerprint density at radius 1 is 1.40 bits per heavy atom. The lowest BCUT2D eigenvalue weighted by molar-refractivity contribution is -0.136. The van der Waals surface area contributed by atoms with Crippen molar-refractivity contribution >= 4 is 5.97 Å². The summed E-state index contributed by atoms with van der Waals surface area (Å²) in [5.41, 5.74) is 2.65. The Morgan fingerprint density at radius 2 is 2.15 bits per heavy atom. The van der Waals surface area contributed by atoms with E-state index in [-0.39, 0.29) is 6.54 Å². The molecule has 1 fully saturated rings. The van der Waals surface area contributed by atoms with Crippen LogP contribution in [0.2, 0.25) is 0 Å². The van der Waals surface area contributed by atoms with Gasteiger partial charge in [0.05, 0.1) is 6.54 Å². The minimum atomic E-state index is -0.780. The Kier molecular flexibility index (Phi) is 5.56. The minimum Gasteiger partial charge on any atom is -0.480 e. The first kappa shape index (κ1) is 15.0. The Bertz CT molecular complexity index is 431. The number of aliphatic carboxylic acids is 1. The number of nitrogens with zero attached hydrogens (tertiary/aromatic N) is 1. The van der Waals surface area contributed by atoms with Crippen LogP contribution in [-0.2, 0) is 11.3 Å². The summed E-state index contributed by atoms with van der Waals surface area (Å²) in [7, 11) is 0. The number of benzene rings is 1. The molecular formula is C16H24N2O2. The third-order valence-electron chi connectivity index (χ3n) is 3.84. The van der Waals surface area contributed by atoms with Crippen molar-refractivity contribution in [2.24, 2.45) is 5.92 Å². The molecular weight excluding hydrogens is 252 g/mol. The molecule has 0 spiro atoms. The monoisotopic (exact) mass is 276 g/mol. The molecule has 4 heteroatoms. The topological polar surface area (TPSA) is 52.6 Å². The fraction of sp³-hybridized carbons (Fsp3) is 0.562. The molecule has 1 heterocycles. The fourth-order valence-corrected chi connectivity index (χ4v) is 2.80. The Hall–Kier alpha value is -1.39. The second kappa shape index (κ2) is 7.41. The summed E-state index contributed by atoms with van der Waals surface area (Å²) in [6, 6.07) is 8.71. The number of likely N-dealkylation sites (tertiary alicyclic amines) is 1. The zero-order chi connectivity index (χ0) is 14.4. The lowest BCUT2D eigenvalue weighted by Crippen LogP contribution is -2.40. The van der Waals surface area contributed by atoms with Crippen molar-refractivity contribution < 1.29 is 9.90 Å². The van der Waals surface area contributed by atoms with Crippen LogP contribution in [0.3, 0.4) is 0 Å². The molecule has 2 N–H and O–H groups in total. The predicted octanol–water partition coefficient (Wildman–Crippen LogP) is 1.88. The van der Waals surface area contributed by atoms with Crippen molar-refractivity contribution in [3.05, 3.63) is 35.4 Å². The predicted molar refractivity (Wildman–Crippen MR) is 79.7 cm³/mol. The quantitative estimate of drug-likeness (QED) is 0.833. The number of nitrogens with one attached hydrogen (secondary N) is 1. The summed E-state index contributed by atoms with van der Waals surface area (Å²) in [5.74, 6) is -0.217. The standard InChI is InChI=1S/C16H24N2O2/c1-13-4-6-14(7-5-13)11-18-8-2-3-15(12-18)9-17-10-16(19)20/h4-7,15,17H,2-3,8-12H2,1H3,(H,19,20). The molecule has 0 aliphatic carbocycles. The largest absolute Gasteiger partial charge is 0.480 e. The first-order valence-corrected chi connectivity index (χ1v) is 7.34. The van der Waals surface area contributed by atoms with Crippen LogP contribution < -0.4 is 5.32 Å². The maximum atomic E-state index is 10.5. The Balaban J connectivity index is 1.78. The molecule has 0 amide bonds. The molecule has 0 radical (unpaired) electrons. The highest BCUT2D eigenvalue weighted by atomic mass is 16.4. The van der Waals surface area contributed by atoms with E-state index in [0.717, 1.165) is 26.2 Å². The second-order valence-corrected chi connectivity index (χ2v) is 5.75. The summed E-state index contributed by atoms with van der Waals surface area (Å²) in [6.45, 7) is 6.17. The fourth-order valence-electron chi connectivity index (χ4n) is 2.80. The molecule has 1 aliphatic rings. The highest BCUT2D eigenvalue weighted by molar-refractivity contribution is 5.68. The average Bonchev–Trinajstić information content (AvgIpc) is 2.41. The molecule has 0 bridgehead atoms. The van der Waals surface area contributed by atoms with E-state index in [4.69, 9.17) is 5.11 Å².